The molecule has 0 bridgehead atoms. The van der Waals surface area contributed by atoms with E-state index < -0.39 is 0 Å². The van der Waals surface area contributed by atoms with E-state index >= 15 is 0 Å². The van der Waals surface area contributed by atoms with Gasteiger partial charge in [-0.3, -0.25) is 9.69 Å². The highest BCUT2D eigenvalue weighted by atomic mass is 16.5. The minimum absolute atomic E-state index is 0.0613. The topological polar surface area (TPSA) is 42.0 Å². The first-order valence-corrected chi connectivity index (χ1v) is 9.46. The maximum absolute atomic E-state index is 12.2. The van der Waals surface area contributed by atoms with Crippen LogP contribution >= 0.6 is 0 Å². The zero-order chi connectivity index (χ0) is 18.0. The van der Waals surface area contributed by atoms with Gasteiger partial charge in [-0.1, -0.05) is 24.3 Å². The van der Waals surface area contributed by atoms with Crippen molar-refractivity contribution in [3.63, 3.8) is 0 Å². The van der Waals surface area contributed by atoms with Crippen LogP contribution in [0.15, 0.2) is 42.5 Å². The molecule has 1 aromatic carbocycles. The van der Waals surface area contributed by atoms with Gasteiger partial charge in [0.05, 0.1) is 19.8 Å². The van der Waals surface area contributed by atoms with Crippen LogP contribution in [0.4, 0.5) is 0 Å². The molecule has 5 heteroatoms. The lowest BCUT2D eigenvalue weighted by Gasteiger charge is -2.26. The number of amides is 1. The Kier molecular flexibility index (Phi) is 7.28. The van der Waals surface area contributed by atoms with Gasteiger partial charge in [0.2, 0.25) is 5.91 Å². The molecule has 2 heterocycles. The van der Waals surface area contributed by atoms with Crippen LogP contribution in [-0.4, -0.2) is 68.3 Å². The molecule has 26 heavy (non-hydrogen) atoms. The van der Waals surface area contributed by atoms with Crippen LogP contribution < -0.4 is 4.74 Å². The van der Waals surface area contributed by atoms with Crippen molar-refractivity contribution in [2.75, 3.05) is 52.5 Å². The Morgan fingerprint density at radius 2 is 2.08 bits per heavy atom. The summed E-state index contributed by atoms with van der Waals surface area (Å²) in [5.41, 5.74) is 0.983. The first-order valence-electron chi connectivity index (χ1n) is 9.46. The predicted molar refractivity (Wildman–Crippen MR) is 103 cm³/mol. The van der Waals surface area contributed by atoms with Crippen molar-refractivity contribution in [1.82, 2.24) is 9.80 Å². The molecular formula is C21H28N2O3. The Morgan fingerprint density at radius 1 is 1.19 bits per heavy atom. The predicted octanol–water partition coefficient (Wildman–Crippen LogP) is 2.59. The van der Waals surface area contributed by atoms with E-state index in [2.05, 4.69) is 11.0 Å². The van der Waals surface area contributed by atoms with E-state index in [0.717, 1.165) is 63.5 Å². The van der Waals surface area contributed by atoms with Crippen LogP contribution in [0.25, 0.3) is 6.08 Å². The van der Waals surface area contributed by atoms with Crippen LogP contribution in [0.5, 0.6) is 5.75 Å². The Balaban J connectivity index is 1.42. The number of hydrogen-bond acceptors (Lipinski definition) is 4. The molecule has 0 unspecified atom stereocenters. The summed E-state index contributed by atoms with van der Waals surface area (Å²) < 4.78 is 11.2. The number of morpholine rings is 1. The molecule has 1 saturated heterocycles. The van der Waals surface area contributed by atoms with Gasteiger partial charge in [-0.15, -0.1) is 0 Å². The number of ether oxygens (including phenoxy) is 2. The fraction of sp³-hybridized carbons (Fsp3) is 0.476. The largest absolute Gasteiger partial charge is 0.494 e. The van der Waals surface area contributed by atoms with E-state index in [9.17, 15) is 4.79 Å². The number of hydrogen-bond donors (Lipinski definition) is 0. The van der Waals surface area contributed by atoms with Gasteiger partial charge in [-0.25, -0.2) is 0 Å². The van der Waals surface area contributed by atoms with Crippen molar-refractivity contribution in [3.05, 3.63) is 48.1 Å². The standard InChI is InChI=1S/C21H28N2O3/c24-21(23-11-2-1-3-12-23)9-8-19-6-4-7-20(18-19)26-15-5-10-22-13-16-25-17-14-22/h1-2,4,6-9,18H,3,5,10-17H2/b9-8+. The van der Waals surface area contributed by atoms with Gasteiger partial charge in [-0.05, 0) is 36.6 Å². The molecule has 1 aromatic rings. The summed E-state index contributed by atoms with van der Waals surface area (Å²) in [7, 11) is 0. The Morgan fingerprint density at radius 3 is 2.88 bits per heavy atom. The molecule has 3 rings (SSSR count). The Hall–Kier alpha value is -2.11. The van der Waals surface area contributed by atoms with Gasteiger partial charge >= 0.3 is 0 Å². The number of nitrogens with zero attached hydrogens (tertiary/aromatic N) is 2. The third-order valence-corrected chi connectivity index (χ3v) is 4.64. The van der Waals surface area contributed by atoms with Crippen LogP contribution in [0.1, 0.15) is 18.4 Å². The van der Waals surface area contributed by atoms with E-state index in [1.807, 2.05) is 41.3 Å². The molecule has 0 aliphatic carbocycles. The molecule has 0 spiro atoms. The average Bonchev–Trinajstić information content (AvgIpc) is 2.71. The first-order chi connectivity index (χ1) is 12.8. The Labute approximate surface area is 155 Å². The second-order valence-electron chi connectivity index (χ2n) is 6.61. The van der Waals surface area contributed by atoms with Gasteiger partial charge in [-0.2, -0.15) is 0 Å². The normalized spacial score (nSPS) is 18.4. The van der Waals surface area contributed by atoms with Crippen LogP contribution in [-0.2, 0) is 9.53 Å². The van der Waals surface area contributed by atoms with E-state index in [1.54, 1.807) is 6.08 Å². The third kappa shape index (κ3) is 6.00. The van der Waals surface area contributed by atoms with Gasteiger partial charge in [0.15, 0.2) is 0 Å². The summed E-state index contributed by atoms with van der Waals surface area (Å²) in [6.07, 6.45) is 9.61. The van der Waals surface area contributed by atoms with Gasteiger partial charge in [0.1, 0.15) is 5.75 Å². The third-order valence-electron chi connectivity index (χ3n) is 4.64. The smallest absolute Gasteiger partial charge is 0.246 e. The summed E-state index contributed by atoms with van der Waals surface area (Å²) in [4.78, 5) is 16.4. The average molecular weight is 356 g/mol. The van der Waals surface area contributed by atoms with E-state index in [1.165, 1.54) is 0 Å². The molecule has 0 aromatic heterocycles. The van der Waals surface area contributed by atoms with Crippen molar-refractivity contribution in [2.45, 2.75) is 12.8 Å². The quantitative estimate of drug-likeness (QED) is 0.428. The number of carbonyl (C=O) groups excluding carboxylic acids is 1. The summed E-state index contributed by atoms with van der Waals surface area (Å²) in [5.74, 6) is 0.911. The SMILES string of the molecule is O=C(/C=C/c1cccc(OCCCN2CCOCC2)c1)N1CC=CCC1. The molecule has 0 N–H and O–H groups in total. The van der Waals surface area contributed by atoms with Crippen LogP contribution in [0.2, 0.25) is 0 Å². The Bertz CT molecular complexity index is 636. The molecule has 1 fully saturated rings. The number of rotatable bonds is 7. The first kappa shape index (κ1) is 18.7. The van der Waals surface area contributed by atoms with E-state index in [0.29, 0.717) is 13.2 Å². The fourth-order valence-corrected chi connectivity index (χ4v) is 3.13. The minimum atomic E-state index is 0.0613. The van der Waals surface area contributed by atoms with Crippen molar-refractivity contribution in [2.24, 2.45) is 0 Å². The lowest BCUT2D eigenvalue weighted by Crippen LogP contribution is -2.37. The van der Waals surface area contributed by atoms with E-state index in [-0.39, 0.29) is 5.91 Å². The second kappa shape index (κ2) is 10.1. The zero-order valence-electron chi connectivity index (χ0n) is 15.3. The summed E-state index contributed by atoms with van der Waals surface area (Å²) in [6.45, 7) is 6.94. The molecule has 2 aliphatic heterocycles. The van der Waals surface area contributed by atoms with Gasteiger partial charge in [0, 0.05) is 38.8 Å². The van der Waals surface area contributed by atoms with Crippen LogP contribution in [0.3, 0.4) is 0 Å². The monoisotopic (exact) mass is 356 g/mol. The summed E-state index contributed by atoms with van der Waals surface area (Å²) >= 11 is 0. The maximum Gasteiger partial charge on any atom is 0.246 e. The van der Waals surface area contributed by atoms with Crippen LogP contribution in [0, 0.1) is 0 Å². The lowest BCUT2D eigenvalue weighted by atomic mass is 10.2. The van der Waals surface area contributed by atoms with Crippen molar-refractivity contribution in [1.29, 1.82) is 0 Å². The molecule has 0 radical (unpaired) electrons. The molecule has 5 nitrogen and oxygen atoms in total. The van der Waals surface area contributed by atoms with Crippen molar-refractivity contribution >= 4 is 12.0 Å². The summed E-state index contributed by atoms with van der Waals surface area (Å²) in [6, 6.07) is 7.89. The highest BCUT2D eigenvalue weighted by Crippen LogP contribution is 2.15. The summed E-state index contributed by atoms with van der Waals surface area (Å²) in [5, 5.41) is 0. The molecule has 1 amide bonds. The molecule has 2 aliphatic rings. The number of carbonyl (C=O) groups is 1. The molecular weight excluding hydrogens is 328 g/mol. The highest BCUT2D eigenvalue weighted by Gasteiger charge is 2.11. The zero-order valence-corrected chi connectivity index (χ0v) is 15.3. The van der Waals surface area contributed by atoms with Gasteiger partial charge in [0.25, 0.3) is 0 Å². The lowest BCUT2D eigenvalue weighted by molar-refractivity contribution is -0.125. The number of benzene rings is 1. The van der Waals surface area contributed by atoms with E-state index in [4.69, 9.17) is 9.47 Å². The maximum atomic E-state index is 12.2. The minimum Gasteiger partial charge on any atom is -0.494 e. The highest BCUT2D eigenvalue weighted by molar-refractivity contribution is 5.92. The molecule has 0 saturated carbocycles. The second-order valence-corrected chi connectivity index (χ2v) is 6.61. The molecule has 0 atom stereocenters. The molecule has 140 valence electrons. The fourth-order valence-electron chi connectivity index (χ4n) is 3.13. The van der Waals surface area contributed by atoms with Crippen molar-refractivity contribution in [3.8, 4) is 5.75 Å². The van der Waals surface area contributed by atoms with Crippen molar-refractivity contribution < 1.29 is 14.3 Å². The van der Waals surface area contributed by atoms with Gasteiger partial charge < -0.3 is 14.4 Å².